The number of amides is 1. The maximum Gasteiger partial charge on any atom is 0.251 e. The molecule has 1 amide bonds. The van der Waals surface area contributed by atoms with E-state index in [1.807, 2.05) is 6.92 Å². The first-order chi connectivity index (χ1) is 13.0. The fraction of sp³-hybridized carbons (Fsp3) is 0.632. The molecule has 1 aromatic rings. The predicted molar refractivity (Wildman–Crippen MR) is 103 cm³/mol. The lowest BCUT2D eigenvalue weighted by Crippen LogP contribution is -2.41. The van der Waals surface area contributed by atoms with Gasteiger partial charge in [0.2, 0.25) is 10.0 Å². The van der Waals surface area contributed by atoms with Crippen LogP contribution in [0.15, 0.2) is 23.1 Å². The second-order valence-corrected chi connectivity index (χ2v) is 9.02. The van der Waals surface area contributed by atoms with E-state index < -0.39 is 10.0 Å². The summed E-state index contributed by atoms with van der Waals surface area (Å²) < 4.78 is 32.9. The van der Waals surface area contributed by atoms with Crippen LogP contribution in [-0.4, -0.2) is 64.6 Å². The molecule has 2 heterocycles. The van der Waals surface area contributed by atoms with Crippen molar-refractivity contribution in [1.29, 1.82) is 0 Å². The third kappa shape index (κ3) is 4.87. The summed E-state index contributed by atoms with van der Waals surface area (Å²) in [5.41, 5.74) is 1.12. The molecule has 0 aliphatic carbocycles. The lowest BCUT2D eigenvalue weighted by atomic mass is 9.99. The molecule has 0 aromatic heterocycles. The minimum atomic E-state index is -3.63. The highest BCUT2D eigenvalue weighted by Gasteiger charge is 2.29. The summed E-state index contributed by atoms with van der Waals surface area (Å²) >= 11 is 0. The number of sulfonamides is 1. The van der Waals surface area contributed by atoms with E-state index in [1.165, 1.54) is 10.4 Å². The minimum absolute atomic E-state index is 0.221. The fourth-order valence-corrected chi connectivity index (χ4v) is 5.32. The molecule has 2 aliphatic rings. The highest BCUT2D eigenvalue weighted by Crippen LogP contribution is 2.23. The van der Waals surface area contributed by atoms with Gasteiger partial charge < -0.3 is 15.4 Å². The van der Waals surface area contributed by atoms with E-state index in [-0.39, 0.29) is 10.8 Å². The first-order valence-corrected chi connectivity index (χ1v) is 11.2. The molecule has 1 atom stereocenters. The summed E-state index contributed by atoms with van der Waals surface area (Å²) in [5, 5.41) is 6.29. The Labute approximate surface area is 161 Å². The van der Waals surface area contributed by atoms with Gasteiger partial charge in [-0.1, -0.05) is 13.0 Å². The van der Waals surface area contributed by atoms with Crippen LogP contribution >= 0.6 is 0 Å². The van der Waals surface area contributed by atoms with Crippen LogP contribution in [0.2, 0.25) is 0 Å². The van der Waals surface area contributed by atoms with Crippen molar-refractivity contribution in [3.05, 3.63) is 29.3 Å². The molecule has 2 aliphatic heterocycles. The Morgan fingerprint density at radius 3 is 2.78 bits per heavy atom. The number of hydrogen-bond acceptors (Lipinski definition) is 5. The van der Waals surface area contributed by atoms with E-state index in [0.29, 0.717) is 50.8 Å². The molecule has 1 aromatic carbocycles. The normalized spacial score (nSPS) is 21.7. The van der Waals surface area contributed by atoms with Crippen molar-refractivity contribution in [2.45, 2.75) is 31.1 Å². The number of nitrogens with one attached hydrogen (secondary N) is 2. The molecule has 2 fully saturated rings. The summed E-state index contributed by atoms with van der Waals surface area (Å²) in [6.45, 7) is 5.95. The zero-order valence-corrected chi connectivity index (χ0v) is 16.7. The van der Waals surface area contributed by atoms with Gasteiger partial charge in [-0.25, -0.2) is 8.42 Å². The number of aryl methyl sites for hydroxylation is 1. The Morgan fingerprint density at radius 2 is 2.11 bits per heavy atom. The van der Waals surface area contributed by atoms with Crippen LogP contribution in [0.25, 0.3) is 0 Å². The van der Waals surface area contributed by atoms with Gasteiger partial charge >= 0.3 is 0 Å². The molecule has 27 heavy (non-hydrogen) atoms. The maximum absolute atomic E-state index is 13.1. The maximum atomic E-state index is 13.1. The summed E-state index contributed by atoms with van der Waals surface area (Å²) in [5.74, 6) is 0.204. The highest BCUT2D eigenvalue weighted by molar-refractivity contribution is 7.89. The lowest BCUT2D eigenvalue weighted by Gasteiger charge is -2.27. The van der Waals surface area contributed by atoms with Crippen LogP contribution in [0.3, 0.4) is 0 Å². The number of carbonyl (C=O) groups is 1. The van der Waals surface area contributed by atoms with Gasteiger partial charge in [-0.2, -0.15) is 4.31 Å². The van der Waals surface area contributed by atoms with E-state index in [1.54, 1.807) is 12.1 Å². The predicted octanol–water partition coefficient (Wildman–Crippen LogP) is 0.999. The number of nitrogens with zero attached hydrogens (tertiary/aromatic N) is 1. The number of hydrogen-bond donors (Lipinski definition) is 2. The van der Waals surface area contributed by atoms with E-state index in [4.69, 9.17) is 4.74 Å². The number of piperidine rings is 1. The van der Waals surface area contributed by atoms with Crippen LogP contribution in [0.1, 0.15) is 35.7 Å². The molecule has 3 rings (SSSR count). The molecule has 150 valence electrons. The zero-order valence-electron chi connectivity index (χ0n) is 15.9. The van der Waals surface area contributed by atoms with E-state index in [0.717, 1.165) is 31.5 Å². The van der Waals surface area contributed by atoms with Crippen molar-refractivity contribution in [3.8, 4) is 0 Å². The first-order valence-electron chi connectivity index (χ1n) is 9.72. The second kappa shape index (κ2) is 9.14. The molecule has 0 saturated carbocycles. The van der Waals surface area contributed by atoms with E-state index in [2.05, 4.69) is 10.6 Å². The Hall–Kier alpha value is -1.48. The number of ether oxygens (including phenoxy) is 1. The van der Waals surface area contributed by atoms with Crippen LogP contribution < -0.4 is 10.6 Å². The number of rotatable bonds is 6. The van der Waals surface area contributed by atoms with Crippen LogP contribution in [0.4, 0.5) is 0 Å². The van der Waals surface area contributed by atoms with Gasteiger partial charge in [-0.3, -0.25) is 4.79 Å². The van der Waals surface area contributed by atoms with Crippen molar-refractivity contribution in [2.24, 2.45) is 5.92 Å². The van der Waals surface area contributed by atoms with Gasteiger partial charge in [-0.05, 0) is 56.0 Å². The van der Waals surface area contributed by atoms with Crippen molar-refractivity contribution < 1.29 is 17.9 Å². The Balaban J connectivity index is 1.77. The monoisotopic (exact) mass is 395 g/mol. The standard InChI is InChI=1S/C19H29N3O4S/c1-2-16-5-6-17(19(23)21-14-15-4-3-7-20-13-15)12-18(16)27(24,25)22-8-10-26-11-9-22/h5-6,12,15,20H,2-4,7-11,13-14H2,1H3,(H,21,23). The van der Waals surface area contributed by atoms with Gasteiger partial charge in [0.05, 0.1) is 18.1 Å². The Bertz CT molecular complexity index is 754. The molecule has 0 spiro atoms. The first kappa shape index (κ1) is 20.3. The van der Waals surface area contributed by atoms with Gasteiger partial charge in [0, 0.05) is 25.2 Å². The largest absolute Gasteiger partial charge is 0.379 e. The molecule has 7 nitrogen and oxygen atoms in total. The molecule has 0 bridgehead atoms. The average Bonchev–Trinajstić information content (AvgIpc) is 2.73. The lowest BCUT2D eigenvalue weighted by molar-refractivity contribution is 0.0730. The Kier molecular flexibility index (Phi) is 6.86. The summed E-state index contributed by atoms with van der Waals surface area (Å²) in [7, 11) is -3.63. The SMILES string of the molecule is CCc1ccc(C(=O)NCC2CCCNC2)cc1S(=O)(=O)N1CCOCC1. The smallest absolute Gasteiger partial charge is 0.251 e. The van der Waals surface area contributed by atoms with Gasteiger partial charge in [0.1, 0.15) is 0 Å². The van der Waals surface area contributed by atoms with Crippen LogP contribution in [0, 0.1) is 5.92 Å². The van der Waals surface area contributed by atoms with Crippen molar-refractivity contribution in [3.63, 3.8) is 0 Å². The second-order valence-electron chi connectivity index (χ2n) is 7.11. The van der Waals surface area contributed by atoms with E-state index >= 15 is 0 Å². The topological polar surface area (TPSA) is 87.7 Å². The van der Waals surface area contributed by atoms with Crippen LogP contribution in [-0.2, 0) is 21.2 Å². The number of carbonyl (C=O) groups excluding carboxylic acids is 1. The fourth-order valence-electron chi connectivity index (χ4n) is 3.59. The molecule has 2 saturated heterocycles. The molecular formula is C19H29N3O4S. The zero-order chi connectivity index (χ0) is 19.3. The van der Waals surface area contributed by atoms with E-state index in [9.17, 15) is 13.2 Å². The average molecular weight is 396 g/mol. The quantitative estimate of drug-likeness (QED) is 0.750. The van der Waals surface area contributed by atoms with Gasteiger partial charge in [0.15, 0.2) is 0 Å². The van der Waals surface area contributed by atoms with Crippen LogP contribution in [0.5, 0.6) is 0 Å². The van der Waals surface area contributed by atoms with Crippen molar-refractivity contribution >= 4 is 15.9 Å². The molecule has 8 heteroatoms. The minimum Gasteiger partial charge on any atom is -0.379 e. The Morgan fingerprint density at radius 1 is 1.33 bits per heavy atom. The summed E-state index contributed by atoms with van der Waals surface area (Å²) in [6.07, 6.45) is 2.81. The van der Waals surface area contributed by atoms with Gasteiger partial charge in [0.25, 0.3) is 5.91 Å². The molecule has 1 unspecified atom stereocenters. The summed E-state index contributed by atoms with van der Waals surface area (Å²) in [6, 6.07) is 4.99. The van der Waals surface area contributed by atoms with Crippen molar-refractivity contribution in [1.82, 2.24) is 14.9 Å². The number of morpholine rings is 1. The molecule has 2 N–H and O–H groups in total. The van der Waals surface area contributed by atoms with Gasteiger partial charge in [-0.15, -0.1) is 0 Å². The third-order valence-corrected chi connectivity index (χ3v) is 7.23. The highest BCUT2D eigenvalue weighted by atomic mass is 32.2. The molecular weight excluding hydrogens is 366 g/mol. The third-order valence-electron chi connectivity index (χ3n) is 5.25. The van der Waals surface area contributed by atoms with Crippen molar-refractivity contribution in [2.75, 3.05) is 45.9 Å². The summed E-state index contributed by atoms with van der Waals surface area (Å²) in [4.78, 5) is 12.8. The molecule has 0 radical (unpaired) electrons. The number of benzene rings is 1.